The van der Waals surface area contributed by atoms with Crippen LogP contribution in [0.1, 0.15) is 19.0 Å². The Bertz CT molecular complexity index is 583. The van der Waals surface area contributed by atoms with E-state index in [1.165, 1.54) is 6.07 Å². The van der Waals surface area contributed by atoms with Crippen molar-refractivity contribution in [2.45, 2.75) is 19.9 Å². The minimum Gasteiger partial charge on any atom is -0.490 e. The van der Waals surface area contributed by atoms with Gasteiger partial charge in [0.1, 0.15) is 0 Å². The Morgan fingerprint density at radius 1 is 1.45 bits per heavy atom. The number of nitrogens with one attached hydrogen (secondary N) is 1. The standard InChI is InChI=1S/C14H19FN4O/c1-3-6-20-14-8-13(12(16)7-11(14)15)17-9-10-4-5-18-19(10)2/h4-5,7-8,17H,3,6,9,16H2,1-2H3. The third-order valence-electron chi connectivity index (χ3n) is 2.95. The van der Waals surface area contributed by atoms with Gasteiger partial charge < -0.3 is 15.8 Å². The van der Waals surface area contributed by atoms with Gasteiger partial charge in [-0.05, 0) is 12.5 Å². The Kier molecular flexibility index (Phi) is 4.45. The van der Waals surface area contributed by atoms with Gasteiger partial charge in [-0.2, -0.15) is 5.10 Å². The van der Waals surface area contributed by atoms with Crippen molar-refractivity contribution in [2.24, 2.45) is 7.05 Å². The highest BCUT2D eigenvalue weighted by atomic mass is 19.1. The summed E-state index contributed by atoms with van der Waals surface area (Å²) < 4.78 is 20.8. The number of anilines is 2. The molecule has 1 aromatic heterocycles. The van der Waals surface area contributed by atoms with Gasteiger partial charge in [0.2, 0.25) is 0 Å². The Labute approximate surface area is 117 Å². The number of aryl methyl sites for hydroxylation is 1. The van der Waals surface area contributed by atoms with Gasteiger partial charge in [0, 0.05) is 25.4 Å². The van der Waals surface area contributed by atoms with Crippen molar-refractivity contribution in [3.05, 3.63) is 35.9 Å². The first-order valence-corrected chi connectivity index (χ1v) is 6.54. The molecule has 20 heavy (non-hydrogen) atoms. The van der Waals surface area contributed by atoms with Crippen molar-refractivity contribution in [2.75, 3.05) is 17.7 Å². The van der Waals surface area contributed by atoms with Gasteiger partial charge in [-0.1, -0.05) is 6.92 Å². The van der Waals surface area contributed by atoms with Gasteiger partial charge >= 0.3 is 0 Å². The number of rotatable bonds is 6. The molecule has 1 heterocycles. The highest BCUT2D eigenvalue weighted by Crippen LogP contribution is 2.28. The molecule has 0 amide bonds. The second-order valence-corrected chi connectivity index (χ2v) is 4.52. The molecule has 0 bridgehead atoms. The van der Waals surface area contributed by atoms with Crippen LogP contribution in [0.25, 0.3) is 0 Å². The first-order valence-electron chi connectivity index (χ1n) is 6.54. The van der Waals surface area contributed by atoms with E-state index in [9.17, 15) is 4.39 Å². The number of nitrogen functional groups attached to an aromatic ring is 1. The summed E-state index contributed by atoms with van der Waals surface area (Å²) in [6.45, 7) is 3.00. The molecule has 108 valence electrons. The van der Waals surface area contributed by atoms with E-state index in [4.69, 9.17) is 10.5 Å². The average Bonchev–Trinajstić information content (AvgIpc) is 2.82. The van der Waals surface area contributed by atoms with E-state index in [0.29, 0.717) is 24.5 Å². The summed E-state index contributed by atoms with van der Waals surface area (Å²) in [5, 5.41) is 7.25. The molecule has 0 aliphatic carbocycles. The number of hydrogen-bond acceptors (Lipinski definition) is 4. The molecule has 1 aromatic carbocycles. The number of ether oxygens (including phenoxy) is 1. The monoisotopic (exact) mass is 278 g/mol. The normalized spacial score (nSPS) is 10.6. The predicted molar refractivity (Wildman–Crippen MR) is 77.1 cm³/mol. The highest BCUT2D eigenvalue weighted by molar-refractivity contribution is 5.68. The fourth-order valence-corrected chi connectivity index (χ4v) is 1.81. The Morgan fingerprint density at radius 3 is 2.90 bits per heavy atom. The zero-order chi connectivity index (χ0) is 14.5. The summed E-state index contributed by atoms with van der Waals surface area (Å²) in [6, 6.07) is 4.77. The lowest BCUT2D eigenvalue weighted by Gasteiger charge is -2.13. The number of aromatic nitrogens is 2. The molecule has 2 rings (SSSR count). The van der Waals surface area contributed by atoms with E-state index in [-0.39, 0.29) is 5.75 Å². The summed E-state index contributed by atoms with van der Waals surface area (Å²) in [5.41, 5.74) is 7.83. The van der Waals surface area contributed by atoms with Crippen molar-refractivity contribution in [1.82, 2.24) is 9.78 Å². The zero-order valence-electron chi connectivity index (χ0n) is 11.7. The molecule has 0 aliphatic rings. The van der Waals surface area contributed by atoms with Crippen LogP contribution in [-0.4, -0.2) is 16.4 Å². The van der Waals surface area contributed by atoms with Crippen molar-refractivity contribution in [3.8, 4) is 5.75 Å². The van der Waals surface area contributed by atoms with E-state index in [1.54, 1.807) is 16.9 Å². The van der Waals surface area contributed by atoms with Crippen molar-refractivity contribution in [3.63, 3.8) is 0 Å². The molecule has 0 saturated heterocycles. The molecule has 2 aromatic rings. The summed E-state index contributed by atoms with van der Waals surface area (Å²) in [5.74, 6) is -0.226. The van der Waals surface area contributed by atoms with Gasteiger partial charge in [-0.25, -0.2) is 4.39 Å². The maximum Gasteiger partial charge on any atom is 0.167 e. The van der Waals surface area contributed by atoms with Crippen LogP contribution in [0, 0.1) is 5.82 Å². The molecule has 0 aliphatic heterocycles. The van der Waals surface area contributed by atoms with Gasteiger partial charge in [-0.3, -0.25) is 4.68 Å². The van der Waals surface area contributed by atoms with E-state index in [2.05, 4.69) is 10.4 Å². The second kappa shape index (κ2) is 6.27. The van der Waals surface area contributed by atoms with E-state index in [0.717, 1.165) is 12.1 Å². The van der Waals surface area contributed by atoms with Gasteiger partial charge in [0.05, 0.1) is 30.2 Å². The molecule has 0 atom stereocenters. The van der Waals surface area contributed by atoms with Crippen LogP contribution in [-0.2, 0) is 13.6 Å². The SMILES string of the molecule is CCCOc1cc(NCc2ccnn2C)c(N)cc1F. The van der Waals surface area contributed by atoms with E-state index >= 15 is 0 Å². The van der Waals surface area contributed by atoms with Crippen LogP contribution in [0.3, 0.4) is 0 Å². The Morgan fingerprint density at radius 2 is 2.25 bits per heavy atom. The number of halogens is 1. The van der Waals surface area contributed by atoms with Crippen LogP contribution >= 0.6 is 0 Å². The highest BCUT2D eigenvalue weighted by Gasteiger charge is 2.09. The summed E-state index contributed by atoms with van der Waals surface area (Å²) in [4.78, 5) is 0. The number of nitrogens with zero attached hydrogens (tertiary/aromatic N) is 2. The quantitative estimate of drug-likeness (QED) is 0.797. The van der Waals surface area contributed by atoms with E-state index < -0.39 is 5.82 Å². The van der Waals surface area contributed by atoms with Gasteiger partial charge in [-0.15, -0.1) is 0 Å². The van der Waals surface area contributed by atoms with Crippen molar-refractivity contribution >= 4 is 11.4 Å². The minimum absolute atomic E-state index is 0.216. The van der Waals surface area contributed by atoms with Crippen molar-refractivity contribution in [1.29, 1.82) is 0 Å². The van der Waals surface area contributed by atoms with Crippen LogP contribution in [0.5, 0.6) is 5.75 Å². The Hall–Kier alpha value is -2.24. The fraction of sp³-hybridized carbons (Fsp3) is 0.357. The summed E-state index contributed by atoms with van der Waals surface area (Å²) in [6.07, 6.45) is 2.54. The second-order valence-electron chi connectivity index (χ2n) is 4.52. The lowest BCUT2D eigenvalue weighted by molar-refractivity contribution is 0.301. The molecule has 0 fully saturated rings. The lowest BCUT2D eigenvalue weighted by Crippen LogP contribution is -2.08. The molecule has 3 N–H and O–H groups in total. The molecular weight excluding hydrogens is 259 g/mol. The predicted octanol–water partition coefficient (Wildman–Crippen LogP) is 2.54. The first-order chi connectivity index (χ1) is 9.61. The van der Waals surface area contributed by atoms with Crippen LogP contribution in [0.4, 0.5) is 15.8 Å². The average molecular weight is 278 g/mol. The number of nitrogens with two attached hydrogens (primary N) is 1. The third kappa shape index (κ3) is 3.20. The maximum absolute atomic E-state index is 13.7. The number of benzene rings is 1. The van der Waals surface area contributed by atoms with Crippen molar-refractivity contribution < 1.29 is 9.13 Å². The molecule has 0 spiro atoms. The van der Waals surface area contributed by atoms with E-state index in [1.807, 2.05) is 20.0 Å². The maximum atomic E-state index is 13.7. The molecular formula is C14H19FN4O. The molecule has 0 unspecified atom stereocenters. The molecule has 6 heteroatoms. The molecule has 0 radical (unpaired) electrons. The molecule has 0 saturated carbocycles. The Balaban J connectivity index is 2.12. The third-order valence-corrected chi connectivity index (χ3v) is 2.95. The van der Waals surface area contributed by atoms with Crippen LogP contribution < -0.4 is 15.8 Å². The van der Waals surface area contributed by atoms with Crippen LogP contribution in [0.15, 0.2) is 24.4 Å². The zero-order valence-corrected chi connectivity index (χ0v) is 11.7. The lowest BCUT2D eigenvalue weighted by atomic mass is 10.2. The largest absolute Gasteiger partial charge is 0.490 e. The number of hydrogen-bond donors (Lipinski definition) is 2. The fourth-order valence-electron chi connectivity index (χ4n) is 1.81. The molecule has 5 nitrogen and oxygen atoms in total. The summed E-state index contributed by atoms with van der Waals surface area (Å²) >= 11 is 0. The van der Waals surface area contributed by atoms with Gasteiger partial charge in [0.25, 0.3) is 0 Å². The smallest absolute Gasteiger partial charge is 0.167 e. The topological polar surface area (TPSA) is 65.1 Å². The van der Waals surface area contributed by atoms with Gasteiger partial charge in [0.15, 0.2) is 11.6 Å². The minimum atomic E-state index is -0.443. The first kappa shape index (κ1) is 14.2. The van der Waals surface area contributed by atoms with Crippen LogP contribution in [0.2, 0.25) is 0 Å². The summed E-state index contributed by atoms with van der Waals surface area (Å²) in [7, 11) is 1.86.